The van der Waals surface area contributed by atoms with Crippen molar-refractivity contribution < 1.29 is 9.53 Å². The Morgan fingerprint density at radius 2 is 2.00 bits per heavy atom. The molecule has 1 aliphatic carbocycles. The number of H-pyrrole nitrogens is 1. The lowest BCUT2D eigenvalue weighted by Crippen LogP contribution is -2.27. The first-order chi connectivity index (χ1) is 16.8. The molecule has 1 amide bonds. The molecule has 4 N–H and O–H groups in total. The molecule has 8 nitrogen and oxygen atoms in total. The first-order valence-electron chi connectivity index (χ1n) is 12.6. The summed E-state index contributed by atoms with van der Waals surface area (Å²) in [5.74, 6) is 0.761. The van der Waals surface area contributed by atoms with Crippen LogP contribution in [0.4, 0.5) is 0 Å². The van der Waals surface area contributed by atoms with E-state index in [2.05, 4.69) is 36.1 Å². The summed E-state index contributed by atoms with van der Waals surface area (Å²) < 4.78 is 7.72. The average molecular weight is 480 g/mol. The van der Waals surface area contributed by atoms with Gasteiger partial charge in [-0.1, -0.05) is 40.0 Å². The van der Waals surface area contributed by atoms with Gasteiger partial charge in [-0.05, 0) is 49.9 Å². The van der Waals surface area contributed by atoms with E-state index in [0.717, 1.165) is 23.9 Å². The average Bonchev–Trinajstić information content (AvgIpc) is 3.26. The van der Waals surface area contributed by atoms with Crippen molar-refractivity contribution in [3.63, 3.8) is 0 Å². The molecule has 1 aromatic carbocycles. The zero-order chi connectivity index (χ0) is 25.0. The Kier molecular flexibility index (Phi) is 7.60. The predicted octanol–water partition coefficient (Wildman–Crippen LogP) is 4.05. The second-order valence-electron chi connectivity index (χ2n) is 10.5. The van der Waals surface area contributed by atoms with Crippen molar-refractivity contribution in [2.45, 2.75) is 64.7 Å². The molecule has 35 heavy (non-hydrogen) atoms. The molecule has 0 atom stereocenters. The lowest BCUT2D eigenvalue weighted by Gasteiger charge is -2.22. The third-order valence-corrected chi connectivity index (χ3v) is 6.67. The van der Waals surface area contributed by atoms with Gasteiger partial charge in [-0.15, -0.1) is 0 Å². The fourth-order valence-corrected chi connectivity index (χ4v) is 4.51. The molecule has 1 saturated carbocycles. The highest BCUT2D eigenvalue weighted by Crippen LogP contribution is 2.28. The van der Waals surface area contributed by atoms with Crippen LogP contribution in [0.1, 0.15) is 75.3 Å². The summed E-state index contributed by atoms with van der Waals surface area (Å²) in [5, 5.41) is 3.76. The van der Waals surface area contributed by atoms with Crippen LogP contribution in [0.3, 0.4) is 0 Å². The summed E-state index contributed by atoms with van der Waals surface area (Å²) in [5.41, 5.74) is 7.73. The quantitative estimate of drug-likeness (QED) is 0.422. The van der Waals surface area contributed by atoms with Gasteiger partial charge in [0.05, 0.1) is 17.9 Å². The van der Waals surface area contributed by atoms with Crippen LogP contribution in [0.25, 0.3) is 16.7 Å². The zero-order valence-electron chi connectivity index (χ0n) is 21.0. The topological polar surface area (TPSA) is 115 Å². The van der Waals surface area contributed by atoms with Crippen LogP contribution in [0.5, 0.6) is 5.75 Å². The lowest BCUT2D eigenvalue weighted by molar-refractivity contribution is 0.0947. The molecule has 3 aromatic rings. The van der Waals surface area contributed by atoms with Gasteiger partial charge in [0.25, 0.3) is 5.91 Å². The number of carbonyl (C=O) groups is 1. The minimum atomic E-state index is -0.391. The number of benzene rings is 1. The lowest BCUT2D eigenvalue weighted by atomic mass is 9.90. The standard InChI is InChI=1S/C27H37N5O3/c1-27(2,3)23-14-19-16-32(26(34)31-24(19)30-23)20-10-11-21(25(33)29-13-7-12-28)22(15-20)35-17-18-8-5-4-6-9-18/h10-11,14-16,18H,4-9,12-13,17,28H2,1-3H3,(H,29,33)(H,30,31,34). The molecule has 0 spiro atoms. The number of rotatable bonds is 8. The van der Waals surface area contributed by atoms with Gasteiger partial charge in [0.15, 0.2) is 0 Å². The van der Waals surface area contributed by atoms with Gasteiger partial charge in [0.2, 0.25) is 0 Å². The van der Waals surface area contributed by atoms with Gasteiger partial charge >= 0.3 is 5.69 Å². The van der Waals surface area contributed by atoms with Gasteiger partial charge in [-0.2, -0.15) is 4.98 Å². The molecule has 4 rings (SSSR count). The van der Waals surface area contributed by atoms with E-state index in [1.165, 1.54) is 23.8 Å². The van der Waals surface area contributed by atoms with Crippen molar-refractivity contribution in [1.29, 1.82) is 0 Å². The number of hydrogen-bond donors (Lipinski definition) is 3. The number of nitrogens with zero attached hydrogens (tertiary/aromatic N) is 2. The Labute approximate surface area is 206 Å². The van der Waals surface area contributed by atoms with Gasteiger partial charge in [-0.3, -0.25) is 9.36 Å². The van der Waals surface area contributed by atoms with Crippen LogP contribution in [-0.4, -0.2) is 40.1 Å². The van der Waals surface area contributed by atoms with Crippen molar-refractivity contribution >= 4 is 16.9 Å². The van der Waals surface area contributed by atoms with E-state index < -0.39 is 5.69 Å². The van der Waals surface area contributed by atoms with Crippen molar-refractivity contribution in [3.8, 4) is 11.4 Å². The molecule has 0 bridgehead atoms. The van der Waals surface area contributed by atoms with Gasteiger partial charge in [-0.25, -0.2) is 4.79 Å². The highest BCUT2D eigenvalue weighted by Gasteiger charge is 2.20. The molecule has 8 heteroatoms. The highest BCUT2D eigenvalue weighted by molar-refractivity contribution is 5.97. The summed E-state index contributed by atoms with van der Waals surface area (Å²) in [4.78, 5) is 33.3. The SMILES string of the molecule is CC(C)(C)c1cc2cn(-c3ccc(C(=O)NCCCN)c(OCC4CCCCC4)c3)c(=O)nc2[nH]1. The van der Waals surface area contributed by atoms with Gasteiger partial charge in [0.1, 0.15) is 11.4 Å². The van der Waals surface area contributed by atoms with Crippen LogP contribution in [-0.2, 0) is 5.41 Å². The third-order valence-electron chi connectivity index (χ3n) is 6.67. The molecular weight excluding hydrogens is 442 g/mol. The molecule has 2 aromatic heterocycles. The number of nitrogens with two attached hydrogens (primary N) is 1. The molecule has 2 heterocycles. The van der Waals surface area contributed by atoms with E-state index in [-0.39, 0.29) is 11.3 Å². The Morgan fingerprint density at radius 1 is 1.23 bits per heavy atom. The Hall–Kier alpha value is -3.13. The minimum absolute atomic E-state index is 0.0897. The molecule has 0 saturated heterocycles. The van der Waals surface area contributed by atoms with E-state index >= 15 is 0 Å². The first kappa shape index (κ1) is 25.0. The van der Waals surface area contributed by atoms with Crippen molar-refractivity contribution in [2.24, 2.45) is 11.7 Å². The molecule has 0 aliphatic heterocycles. The number of amides is 1. The van der Waals surface area contributed by atoms with Crippen LogP contribution in [0, 0.1) is 5.92 Å². The maximum absolute atomic E-state index is 12.9. The van der Waals surface area contributed by atoms with Crippen molar-refractivity contribution in [2.75, 3.05) is 19.7 Å². The van der Waals surface area contributed by atoms with Gasteiger partial charge < -0.3 is 20.8 Å². The number of hydrogen-bond acceptors (Lipinski definition) is 5. The summed E-state index contributed by atoms with van der Waals surface area (Å²) in [6.45, 7) is 7.90. The van der Waals surface area contributed by atoms with Gasteiger partial charge in [0, 0.05) is 35.3 Å². The summed E-state index contributed by atoms with van der Waals surface area (Å²) in [6, 6.07) is 7.28. The second kappa shape index (κ2) is 10.6. The van der Waals surface area contributed by atoms with E-state index in [9.17, 15) is 9.59 Å². The number of ether oxygens (including phenoxy) is 1. The zero-order valence-corrected chi connectivity index (χ0v) is 21.0. The van der Waals surface area contributed by atoms with E-state index in [0.29, 0.717) is 54.7 Å². The third kappa shape index (κ3) is 5.93. The maximum Gasteiger partial charge on any atom is 0.354 e. The first-order valence-corrected chi connectivity index (χ1v) is 12.6. The summed E-state index contributed by atoms with van der Waals surface area (Å²) in [6.07, 6.45) is 8.48. The number of nitrogens with one attached hydrogen (secondary N) is 2. The molecule has 0 unspecified atom stereocenters. The highest BCUT2D eigenvalue weighted by atomic mass is 16.5. The number of aromatic nitrogens is 3. The molecule has 0 radical (unpaired) electrons. The maximum atomic E-state index is 12.9. The van der Waals surface area contributed by atoms with Crippen LogP contribution >= 0.6 is 0 Å². The Balaban J connectivity index is 1.67. The fourth-order valence-electron chi connectivity index (χ4n) is 4.51. The minimum Gasteiger partial charge on any atom is -0.492 e. The molecule has 1 fully saturated rings. The number of carbonyl (C=O) groups excluding carboxylic acids is 1. The fraction of sp³-hybridized carbons (Fsp3) is 0.519. The number of fused-ring (bicyclic) bond motifs is 1. The second-order valence-corrected chi connectivity index (χ2v) is 10.5. The van der Waals surface area contributed by atoms with E-state index in [1.807, 2.05) is 6.07 Å². The normalized spacial score (nSPS) is 14.9. The number of aromatic amines is 1. The summed E-state index contributed by atoms with van der Waals surface area (Å²) in [7, 11) is 0. The Bertz CT molecular complexity index is 1230. The van der Waals surface area contributed by atoms with Crippen LogP contribution in [0.15, 0.2) is 35.3 Å². The Morgan fingerprint density at radius 3 is 2.71 bits per heavy atom. The van der Waals surface area contributed by atoms with Crippen molar-refractivity contribution in [1.82, 2.24) is 19.9 Å². The predicted molar refractivity (Wildman–Crippen MR) is 138 cm³/mol. The van der Waals surface area contributed by atoms with Crippen LogP contribution < -0.4 is 21.5 Å². The van der Waals surface area contributed by atoms with E-state index in [4.69, 9.17) is 10.5 Å². The molecule has 1 aliphatic rings. The molecular formula is C27H37N5O3. The largest absolute Gasteiger partial charge is 0.492 e. The van der Waals surface area contributed by atoms with Crippen LogP contribution in [0.2, 0.25) is 0 Å². The van der Waals surface area contributed by atoms with Crippen molar-refractivity contribution in [3.05, 3.63) is 52.2 Å². The molecule has 188 valence electrons. The summed E-state index contributed by atoms with van der Waals surface area (Å²) >= 11 is 0. The smallest absolute Gasteiger partial charge is 0.354 e. The van der Waals surface area contributed by atoms with E-state index in [1.54, 1.807) is 24.4 Å². The monoisotopic (exact) mass is 479 g/mol.